The van der Waals surface area contributed by atoms with Gasteiger partial charge in [0.1, 0.15) is 0 Å². The first-order chi connectivity index (χ1) is 14.7. The highest BCUT2D eigenvalue weighted by Crippen LogP contribution is 2.24. The van der Waals surface area contributed by atoms with Gasteiger partial charge in [-0.1, -0.05) is 18.2 Å². The molecule has 1 unspecified atom stereocenters. The van der Waals surface area contributed by atoms with Gasteiger partial charge >= 0.3 is 5.97 Å². The molecule has 8 nitrogen and oxygen atoms in total. The summed E-state index contributed by atoms with van der Waals surface area (Å²) in [5.41, 5.74) is 2.16. The fraction of sp³-hybridized carbons (Fsp3) is 0.273. The van der Waals surface area contributed by atoms with Crippen molar-refractivity contribution >= 4 is 32.7 Å². The van der Waals surface area contributed by atoms with Crippen molar-refractivity contribution in [3.63, 3.8) is 0 Å². The van der Waals surface area contributed by atoms with Gasteiger partial charge in [-0.15, -0.1) is 0 Å². The predicted octanol–water partition coefficient (Wildman–Crippen LogP) is 2.83. The maximum Gasteiger partial charge on any atom is 0.338 e. The molecule has 0 saturated carbocycles. The Morgan fingerprint density at radius 1 is 1.10 bits per heavy atom. The van der Waals surface area contributed by atoms with Crippen molar-refractivity contribution < 1.29 is 27.5 Å². The van der Waals surface area contributed by atoms with Crippen LogP contribution in [-0.2, 0) is 19.5 Å². The lowest BCUT2D eigenvalue weighted by molar-refractivity contribution is 0.0319. The highest BCUT2D eigenvalue weighted by atomic mass is 32.2. The number of methoxy groups -OCH3 is 1. The summed E-state index contributed by atoms with van der Waals surface area (Å²) in [4.78, 5) is 28.6. The van der Waals surface area contributed by atoms with Crippen LogP contribution in [0.4, 0.5) is 0 Å². The van der Waals surface area contributed by atoms with Gasteiger partial charge < -0.3 is 14.5 Å². The van der Waals surface area contributed by atoms with Crippen LogP contribution in [-0.4, -0.2) is 51.5 Å². The van der Waals surface area contributed by atoms with Crippen molar-refractivity contribution in [1.82, 2.24) is 9.71 Å². The molecule has 0 saturated heterocycles. The van der Waals surface area contributed by atoms with Crippen LogP contribution in [0.25, 0.3) is 10.9 Å². The Balaban J connectivity index is 1.71. The largest absolute Gasteiger partial charge is 0.451 e. The van der Waals surface area contributed by atoms with Crippen LogP contribution in [0, 0.1) is 6.92 Å². The molecule has 0 amide bonds. The number of sulfonamides is 1. The molecule has 0 aliphatic heterocycles. The van der Waals surface area contributed by atoms with Crippen LogP contribution in [0.3, 0.4) is 0 Å². The quantitative estimate of drug-likeness (QED) is 0.298. The number of aromatic nitrogens is 1. The van der Waals surface area contributed by atoms with E-state index in [1.54, 1.807) is 6.92 Å². The van der Waals surface area contributed by atoms with Gasteiger partial charge in [-0.2, -0.15) is 0 Å². The Morgan fingerprint density at radius 3 is 2.45 bits per heavy atom. The minimum absolute atomic E-state index is 0.0127. The zero-order chi connectivity index (χ0) is 22.6. The minimum Gasteiger partial charge on any atom is -0.451 e. The molecule has 0 bridgehead atoms. The average Bonchev–Trinajstić information content (AvgIpc) is 3.09. The van der Waals surface area contributed by atoms with Gasteiger partial charge in [0.05, 0.1) is 17.1 Å². The van der Waals surface area contributed by atoms with Crippen LogP contribution in [0.5, 0.6) is 0 Å². The molecule has 164 valence electrons. The number of ether oxygens (including phenoxy) is 2. The Kier molecular flexibility index (Phi) is 6.89. The highest BCUT2D eigenvalue weighted by Gasteiger charge is 2.25. The van der Waals surface area contributed by atoms with Crippen LogP contribution >= 0.6 is 0 Å². The second kappa shape index (κ2) is 9.42. The van der Waals surface area contributed by atoms with E-state index in [0.29, 0.717) is 11.3 Å². The van der Waals surface area contributed by atoms with E-state index in [2.05, 4.69) is 9.71 Å². The zero-order valence-corrected chi connectivity index (χ0v) is 18.3. The average molecular weight is 445 g/mol. The number of esters is 1. The van der Waals surface area contributed by atoms with Crippen molar-refractivity contribution in [1.29, 1.82) is 0 Å². The summed E-state index contributed by atoms with van der Waals surface area (Å²) in [6.45, 7) is 3.68. The second-order valence-corrected chi connectivity index (χ2v) is 8.76. The molecule has 31 heavy (non-hydrogen) atoms. The summed E-state index contributed by atoms with van der Waals surface area (Å²) in [5, 5.41) is 0.767. The van der Waals surface area contributed by atoms with E-state index in [9.17, 15) is 18.0 Å². The smallest absolute Gasteiger partial charge is 0.338 e. The minimum atomic E-state index is -3.71. The number of fused-ring (bicyclic) bond motifs is 1. The number of H-pyrrole nitrogens is 1. The van der Waals surface area contributed by atoms with Crippen molar-refractivity contribution in [2.75, 3.05) is 20.3 Å². The molecule has 0 fully saturated rings. The van der Waals surface area contributed by atoms with E-state index in [0.717, 1.165) is 10.9 Å². The SMILES string of the molecule is COCCNS(=O)(=O)c1ccc(C(=O)OC(C)C(=O)c2c(C)[nH]c3ccccc23)cc1. The number of carbonyl (C=O) groups is 2. The number of aryl methyl sites for hydroxylation is 1. The van der Waals surface area contributed by atoms with Gasteiger partial charge in [0.15, 0.2) is 6.10 Å². The molecule has 9 heteroatoms. The van der Waals surface area contributed by atoms with E-state index in [4.69, 9.17) is 9.47 Å². The maximum atomic E-state index is 12.9. The molecule has 1 heterocycles. The number of benzene rings is 2. The van der Waals surface area contributed by atoms with Crippen LogP contribution in [0.2, 0.25) is 0 Å². The van der Waals surface area contributed by atoms with Gasteiger partial charge in [0.2, 0.25) is 15.8 Å². The molecule has 3 aromatic rings. The lowest BCUT2D eigenvalue weighted by Gasteiger charge is -2.13. The molecule has 2 N–H and O–H groups in total. The normalized spacial score (nSPS) is 12.6. The molecule has 0 aliphatic rings. The lowest BCUT2D eigenvalue weighted by atomic mass is 10.0. The maximum absolute atomic E-state index is 12.9. The van der Waals surface area contributed by atoms with Crippen molar-refractivity contribution in [2.45, 2.75) is 24.8 Å². The summed E-state index contributed by atoms with van der Waals surface area (Å²) >= 11 is 0. The van der Waals surface area contributed by atoms with Crippen molar-refractivity contribution in [3.8, 4) is 0 Å². The number of Topliss-reactive ketones (excluding diaryl/α,β-unsaturated/α-hetero) is 1. The molecule has 2 aromatic carbocycles. The van der Waals surface area contributed by atoms with Crippen LogP contribution < -0.4 is 4.72 Å². The predicted molar refractivity (Wildman–Crippen MR) is 116 cm³/mol. The number of ketones is 1. The Bertz CT molecular complexity index is 1200. The van der Waals surface area contributed by atoms with Gasteiger partial charge in [-0.25, -0.2) is 17.9 Å². The molecule has 1 atom stereocenters. The summed E-state index contributed by atoms with van der Waals surface area (Å²) < 4.78 is 36.9. The number of para-hydroxylation sites is 1. The number of hydrogen-bond acceptors (Lipinski definition) is 6. The van der Waals surface area contributed by atoms with E-state index < -0.39 is 22.1 Å². The zero-order valence-electron chi connectivity index (χ0n) is 17.5. The lowest BCUT2D eigenvalue weighted by Crippen LogP contribution is -2.27. The molecular formula is C22H24N2O6S. The van der Waals surface area contributed by atoms with Crippen molar-refractivity contribution in [3.05, 3.63) is 65.4 Å². The number of aromatic amines is 1. The monoisotopic (exact) mass is 444 g/mol. The summed E-state index contributed by atoms with van der Waals surface area (Å²) in [6, 6.07) is 12.7. The van der Waals surface area contributed by atoms with E-state index >= 15 is 0 Å². The first-order valence-corrected chi connectivity index (χ1v) is 11.1. The van der Waals surface area contributed by atoms with Gasteiger partial charge in [0.25, 0.3) is 0 Å². The summed E-state index contributed by atoms with van der Waals surface area (Å²) in [6.07, 6.45) is -1.01. The molecule has 0 spiro atoms. The molecule has 1 aromatic heterocycles. The van der Waals surface area contributed by atoms with Gasteiger partial charge in [-0.3, -0.25) is 4.79 Å². The molecular weight excluding hydrogens is 420 g/mol. The fourth-order valence-corrected chi connectivity index (χ4v) is 4.22. The Hall–Kier alpha value is -3.01. The standard InChI is InChI=1S/C22H24N2O6S/c1-14-20(18-6-4-5-7-19(18)24-14)21(25)15(2)30-22(26)16-8-10-17(11-9-16)31(27,28)23-12-13-29-3/h4-11,15,23-24H,12-13H2,1-3H3. The van der Waals surface area contributed by atoms with E-state index in [-0.39, 0.29) is 29.4 Å². The topological polar surface area (TPSA) is 115 Å². The van der Waals surface area contributed by atoms with Crippen molar-refractivity contribution in [2.24, 2.45) is 0 Å². The molecule has 3 rings (SSSR count). The van der Waals surface area contributed by atoms with Gasteiger partial charge in [0, 0.05) is 35.8 Å². The number of carbonyl (C=O) groups excluding carboxylic acids is 2. The third kappa shape index (κ3) is 5.01. The van der Waals surface area contributed by atoms with Crippen LogP contribution in [0.15, 0.2) is 53.4 Å². The number of hydrogen-bond donors (Lipinski definition) is 2. The van der Waals surface area contributed by atoms with Crippen LogP contribution in [0.1, 0.15) is 33.3 Å². The van der Waals surface area contributed by atoms with Gasteiger partial charge in [-0.05, 0) is 44.2 Å². The summed E-state index contributed by atoms with van der Waals surface area (Å²) in [5.74, 6) is -1.03. The Labute approximate surface area is 180 Å². The first kappa shape index (κ1) is 22.7. The van der Waals surface area contributed by atoms with E-state index in [1.165, 1.54) is 38.3 Å². The van der Waals surface area contributed by atoms with E-state index in [1.807, 2.05) is 24.3 Å². The first-order valence-electron chi connectivity index (χ1n) is 9.65. The third-order valence-electron chi connectivity index (χ3n) is 4.79. The Morgan fingerprint density at radius 2 is 1.77 bits per heavy atom. The second-order valence-electron chi connectivity index (χ2n) is 7.00. The molecule has 0 aliphatic carbocycles. The number of rotatable bonds is 9. The third-order valence-corrected chi connectivity index (χ3v) is 6.27. The number of nitrogens with one attached hydrogen (secondary N) is 2. The fourth-order valence-electron chi connectivity index (χ4n) is 3.21. The summed E-state index contributed by atoms with van der Waals surface area (Å²) in [7, 11) is -2.23. The molecule has 0 radical (unpaired) electrons. The highest BCUT2D eigenvalue weighted by molar-refractivity contribution is 7.89.